The largest absolute Gasteiger partial charge is 0.379 e. The highest BCUT2D eigenvalue weighted by Gasteiger charge is 2.36. The smallest absolute Gasteiger partial charge is 0.0594 e. The minimum Gasteiger partial charge on any atom is -0.379 e. The number of likely N-dealkylation sites (N-methyl/N-ethyl adjacent to an activating group) is 1. The van der Waals surface area contributed by atoms with E-state index >= 15 is 0 Å². The van der Waals surface area contributed by atoms with Crippen LogP contribution in [0.15, 0.2) is 24.3 Å². The van der Waals surface area contributed by atoms with Gasteiger partial charge in [-0.1, -0.05) is 23.7 Å². The molecule has 1 unspecified atom stereocenters. The highest BCUT2D eigenvalue weighted by molar-refractivity contribution is 6.30. The fraction of sp³-hybridized carbons (Fsp3) is 0.600. The van der Waals surface area contributed by atoms with E-state index in [9.17, 15) is 0 Å². The van der Waals surface area contributed by atoms with Crippen LogP contribution in [0.1, 0.15) is 25.5 Å². The van der Waals surface area contributed by atoms with Gasteiger partial charge in [0.25, 0.3) is 0 Å². The summed E-state index contributed by atoms with van der Waals surface area (Å²) in [4.78, 5) is 2.49. The summed E-state index contributed by atoms with van der Waals surface area (Å²) in [6.45, 7) is 8.18. The zero-order valence-corrected chi connectivity index (χ0v) is 12.7. The molecular formula is C15H23ClN2O. The van der Waals surface area contributed by atoms with E-state index in [0.717, 1.165) is 31.3 Å². The van der Waals surface area contributed by atoms with E-state index in [2.05, 4.69) is 36.2 Å². The summed E-state index contributed by atoms with van der Waals surface area (Å²) in [5, 5.41) is 4.23. The lowest BCUT2D eigenvalue weighted by Crippen LogP contribution is -2.55. The molecule has 4 heteroatoms. The average molecular weight is 283 g/mol. The fourth-order valence-corrected chi connectivity index (χ4v) is 3.03. The second kappa shape index (κ2) is 6.23. The van der Waals surface area contributed by atoms with E-state index in [1.807, 2.05) is 19.2 Å². The Bertz CT molecular complexity index is 399. The van der Waals surface area contributed by atoms with Crippen LogP contribution in [0.5, 0.6) is 0 Å². The minimum absolute atomic E-state index is 0.0341. The molecule has 1 fully saturated rings. The van der Waals surface area contributed by atoms with Gasteiger partial charge >= 0.3 is 0 Å². The van der Waals surface area contributed by atoms with E-state index in [1.165, 1.54) is 5.56 Å². The molecule has 1 atom stereocenters. The second-order valence-corrected chi connectivity index (χ2v) is 5.96. The first-order chi connectivity index (χ1) is 9.05. The van der Waals surface area contributed by atoms with Gasteiger partial charge < -0.3 is 10.1 Å². The molecule has 1 aliphatic heterocycles. The van der Waals surface area contributed by atoms with Crippen LogP contribution in [0, 0.1) is 0 Å². The quantitative estimate of drug-likeness (QED) is 0.919. The summed E-state index contributed by atoms with van der Waals surface area (Å²) < 4.78 is 5.45. The first kappa shape index (κ1) is 14.8. The Balaban J connectivity index is 2.21. The molecule has 1 N–H and O–H groups in total. The third-order valence-corrected chi connectivity index (χ3v) is 4.28. The first-order valence-electron chi connectivity index (χ1n) is 6.81. The standard InChI is InChI=1S/C15H23ClN2O/c1-15(2,18-8-10-19-11-9-18)14(17-3)12-4-6-13(16)7-5-12/h4-7,14,17H,8-11H2,1-3H3. The van der Waals surface area contributed by atoms with Crippen molar-refractivity contribution >= 4 is 11.6 Å². The topological polar surface area (TPSA) is 24.5 Å². The van der Waals surface area contributed by atoms with Gasteiger partial charge in [-0.2, -0.15) is 0 Å². The number of hydrogen-bond acceptors (Lipinski definition) is 3. The van der Waals surface area contributed by atoms with Crippen LogP contribution in [-0.2, 0) is 4.74 Å². The maximum atomic E-state index is 5.98. The molecule has 0 radical (unpaired) electrons. The lowest BCUT2D eigenvalue weighted by atomic mass is 9.86. The summed E-state index contributed by atoms with van der Waals surface area (Å²) in [5.41, 5.74) is 1.30. The normalized spacial score (nSPS) is 19.4. The van der Waals surface area contributed by atoms with Crippen LogP contribution >= 0.6 is 11.6 Å². The maximum absolute atomic E-state index is 5.98. The highest BCUT2D eigenvalue weighted by atomic mass is 35.5. The molecule has 1 aliphatic rings. The molecule has 0 aromatic heterocycles. The molecule has 19 heavy (non-hydrogen) atoms. The Morgan fingerprint density at radius 2 is 1.79 bits per heavy atom. The fourth-order valence-electron chi connectivity index (χ4n) is 2.91. The average Bonchev–Trinajstić information content (AvgIpc) is 2.42. The number of nitrogens with one attached hydrogen (secondary N) is 1. The number of halogens is 1. The van der Waals surface area contributed by atoms with E-state index in [-0.39, 0.29) is 11.6 Å². The van der Waals surface area contributed by atoms with Crippen molar-refractivity contribution in [2.75, 3.05) is 33.4 Å². The van der Waals surface area contributed by atoms with Gasteiger partial charge in [-0.15, -0.1) is 0 Å². The molecule has 1 aromatic rings. The van der Waals surface area contributed by atoms with Crippen molar-refractivity contribution in [3.05, 3.63) is 34.9 Å². The van der Waals surface area contributed by atoms with Gasteiger partial charge in [0, 0.05) is 29.7 Å². The van der Waals surface area contributed by atoms with Crippen molar-refractivity contribution in [3.8, 4) is 0 Å². The summed E-state index contributed by atoms with van der Waals surface area (Å²) in [5.74, 6) is 0. The van der Waals surface area contributed by atoms with Crippen molar-refractivity contribution in [1.82, 2.24) is 10.2 Å². The molecule has 3 nitrogen and oxygen atoms in total. The van der Waals surface area contributed by atoms with Gasteiger partial charge in [-0.05, 0) is 38.6 Å². The first-order valence-corrected chi connectivity index (χ1v) is 7.19. The summed E-state index contributed by atoms with van der Waals surface area (Å²) in [7, 11) is 2.02. The van der Waals surface area contributed by atoms with Gasteiger partial charge in [0.15, 0.2) is 0 Å². The Morgan fingerprint density at radius 3 is 2.32 bits per heavy atom. The van der Waals surface area contributed by atoms with Crippen molar-refractivity contribution in [3.63, 3.8) is 0 Å². The predicted molar refractivity (Wildman–Crippen MR) is 79.7 cm³/mol. The van der Waals surface area contributed by atoms with Crippen LogP contribution in [0.25, 0.3) is 0 Å². The number of ether oxygens (including phenoxy) is 1. The minimum atomic E-state index is 0.0341. The van der Waals surface area contributed by atoms with Crippen LogP contribution in [0.2, 0.25) is 5.02 Å². The van der Waals surface area contributed by atoms with Gasteiger partial charge in [-0.3, -0.25) is 4.90 Å². The summed E-state index contributed by atoms with van der Waals surface area (Å²) in [6, 6.07) is 8.38. The van der Waals surface area contributed by atoms with Crippen LogP contribution < -0.4 is 5.32 Å². The van der Waals surface area contributed by atoms with E-state index < -0.39 is 0 Å². The van der Waals surface area contributed by atoms with E-state index in [4.69, 9.17) is 16.3 Å². The van der Waals surface area contributed by atoms with Crippen LogP contribution in [0.3, 0.4) is 0 Å². The predicted octanol–water partition coefficient (Wildman–Crippen LogP) is 2.71. The van der Waals surface area contributed by atoms with Crippen molar-refractivity contribution in [2.24, 2.45) is 0 Å². The van der Waals surface area contributed by atoms with Gasteiger partial charge in [-0.25, -0.2) is 0 Å². The zero-order valence-electron chi connectivity index (χ0n) is 11.9. The van der Waals surface area contributed by atoms with Crippen LogP contribution in [-0.4, -0.2) is 43.8 Å². The third-order valence-electron chi connectivity index (χ3n) is 4.02. The molecule has 2 rings (SSSR count). The highest BCUT2D eigenvalue weighted by Crippen LogP contribution is 2.31. The zero-order chi connectivity index (χ0) is 13.9. The second-order valence-electron chi connectivity index (χ2n) is 5.53. The third kappa shape index (κ3) is 3.29. The Kier molecular flexibility index (Phi) is 4.85. The maximum Gasteiger partial charge on any atom is 0.0594 e. The molecule has 0 bridgehead atoms. The number of morpholine rings is 1. The number of nitrogens with zero attached hydrogens (tertiary/aromatic N) is 1. The molecule has 0 spiro atoms. The Morgan fingerprint density at radius 1 is 1.21 bits per heavy atom. The van der Waals surface area contributed by atoms with Gasteiger partial charge in [0.1, 0.15) is 0 Å². The molecule has 106 valence electrons. The van der Waals surface area contributed by atoms with E-state index in [1.54, 1.807) is 0 Å². The van der Waals surface area contributed by atoms with E-state index in [0.29, 0.717) is 0 Å². The van der Waals surface area contributed by atoms with Crippen LogP contribution in [0.4, 0.5) is 0 Å². The van der Waals surface area contributed by atoms with Crippen molar-refractivity contribution in [2.45, 2.75) is 25.4 Å². The molecule has 0 aliphatic carbocycles. The number of rotatable bonds is 4. The Hall–Kier alpha value is -0.610. The lowest BCUT2D eigenvalue weighted by Gasteiger charge is -2.46. The summed E-state index contributed by atoms with van der Waals surface area (Å²) in [6.07, 6.45) is 0. The lowest BCUT2D eigenvalue weighted by molar-refractivity contribution is -0.0229. The molecule has 0 saturated carbocycles. The van der Waals surface area contributed by atoms with Crippen molar-refractivity contribution < 1.29 is 4.74 Å². The SMILES string of the molecule is CNC(c1ccc(Cl)cc1)C(C)(C)N1CCOCC1. The van der Waals surface area contributed by atoms with Gasteiger partial charge in [0.05, 0.1) is 13.2 Å². The summed E-state index contributed by atoms with van der Waals surface area (Å²) >= 11 is 5.98. The molecule has 1 aromatic carbocycles. The number of hydrogen-bond donors (Lipinski definition) is 1. The molecule has 1 heterocycles. The molecular weight excluding hydrogens is 260 g/mol. The van der Waals surface area contributed by atoms with Gasteiger partial charge in [0.2, 0.25) is 0 Å². The van der Waals surface area contributed by atoms with Crippen molar-refractivity contribution in [1.29, 1.82) is 0 Å². The number of benzene rings is 1. The monoisotopic (exact) mass is 282 g/mol. The molecule has 1 saturated heterocycles. The Labute approximate surface area is 120 Å². The molecule has 0 amide bonds.